The number of hydrogen-bond donors (Lipinski definition) is 2. The molecule has 0 radical (unpaired) electrons. The molecule has 0 spiro atoms. The van der Waals surface area contributed by atoms with Crippen molar-refractivity contribution in [3.8, 4) is 11.1 Å². The molecule has 2 N–H and O–H groups in total. The maximum Gasteiger partial charge on any atom is 0.490 e. The summed E-state index contributed by atoms with van der Waals surface area (Å²) in [6.07, 6.45) is 0. The summed E-state index contributed by atoms with van der Waals surface area (Å²) in [5.41, 5.74) is 2.28. The highest BCUT2D eigenvalue weighted by atomic mass is 79.9. The topological polar surface area (TPSA) is 40.5 Å². The summed E-state index contributed by atoms with van der Waals surface area (Å²) in [5, 5.41) is 18.7. The van der Waals surface area contributed by atoms with Crippen molar-refractivity contribution in [2.24, 2.45) is 0 Å². The van der Waals surface area contributed by atoms with E-state index in [0.717, 1.165) is 11.1 Å². The lowest BCUT2D eigenvalue weighted by Crippen LogP contribution is -2.32. The summed E-state index contributed by atoms with van der Waals surface area (Å²) < 4.78 is 0.698. The van der Waals surface area contributed by atoms with Gasteiger partial charge >= 0.3 is 7.12 Å². The molecule has 0 aliphatic rings. The Morgan fingerprint density at radius 3 is 2.19 bits per heavy atom. The number of benzene rings is 2. The third-order valence-corrected chi connectivity index (χ3v) is 3.09. The van der Waals surface area contributed by atoms with Crippen molar-refractivity contribution in [3.05, 3.63) is 53.0 Å². The van der Waals surface area contributed by atoms with Crippen LogP contribution in [0.4, 0.5) is 0 Å². The van der Waals surface area contributed by atoms with E-state index in [4.69, 9.17) is 0 Å². The zero-order valence-electron chi connectivity index (χ0n) is 8.47. The van der Waals surface area contributed by atoms with Crippen LogP contribution in [0.1, 0.15) is 0 Å². The Bertz CT molecular complexity index is 486. The third kappa shape index (κ3) is 2.19. The molecule has 0 saturated heterocycles. The van der Waals surface area contributed by atoms with E-state index in [9.17, 15) is 10.0 Å². The summed E-state index contributed by atoms with van der Waals surface area (Å²) in [7, 11) is -1.48. The molecular formula is C12H10BBrO2. The van der Waals surface area contributed by atoms with Crippen LogP contribution in [0.25, 0.3) is 11.1 Å². The maximum atomic E-state index is 9.37. The van der Waals surface area contributed by atoms with Crippen molar-refractivity contribution in [1.29, 1.82) is 0 Å². The molecule has 2 aromatic carbocycles. The van der Waals surface area contributed by atoms with Crippen molar-refractivity contribution in [2.75, 3.05) is 0 Å². The van der Waals surface area contributed by atoms with E-state index in [1.54, 1.807) is 6.07 Å². The number of rotatable bonds is 2. The Balaban J connectivity index is 2.61. The minimum absolute atomic E-state index is 0.494. The molecule has 0 aliphatic heterocycles. The van der Waals surface area contributed by atoms with Crippen LogP contribution in [0.3, 0.4) is 0 Å². The van der Waals surface area contributed by atoms with E-state index in [-0.39, 0.29) is 0 Å². The first kappa shape index (κ1) is 11.4. The summed E-state index contributed by atoms with van der Waals surface area (Å²) in [6.45, 7) is 0. The predicted molar refractivity (Wildman–Crippen MR) is 69.4 cm³/mol. The summed E-state index contributed by atoms with van der Waals surface area (Å²) in [6, 6.07) is 15.2. The summed E-state index contributed by atoms with van der Waals surface area (Å²) in [5.74, 6) is 0. The van der Waals surface area contributed by atoms with Crippen LogP contribution in [-0.4, -0.2) is 17.2 Å². The van der Waals surface area contributed by atoms with Gasteiger partial charge in [-0.3, -0.25) is 0 Å². The smallest absolute Gasteiger partial charge is 0.423 e. The molecular weight excluding hydrogens is 267 g/mol. The first-order chi connectivity index (χ1) is 7.70. The first-order valence-corrected chi connectivity index (χ1v) is 5.69. The highest BCUT2D eigenvalue weighted by Crippen LogP contribution is 2.20. The Kier molecular flexibility index (Phi) is 3.44. The molecule has 0 saturated carbocycles. The second kappa shape index (κ2) is 4.83. The molecule has 0 aliphatic carbocycles. The highest BCUT2D eigenvalue weighted by molar-refractivity contribution is 9.10. The lowest BCUT2D eigenvalue weighted by Gasteiger charge is -2.10. The molecule has 0 amide bonds. The van der Waals surface area contributed by atoms with E-state index >= 15 is 0 Å². The molecule has 16 heavy (non-hydrogen) atoms. The Labute approximate surface area is 103 Å². The highest BCUT2D eigenvalue weighted by Gasteiger charge is 2.19. The van der Waals surface area contributed by atoms with E-state index in [1.165, 1.54) is 0 Å². The second-order valence-electron chi connectivity index (χ2n) is 3.44. The molecule has 0 unspecified atom stereocenters. The molecule has 4 heteroatoms. The quantitative estimate of drug-likeness (QED) is 0.822. The van der Waals surface area contributed by atoms with Crippen LogP contribution in [0.15, 0.2) is 53.0 Å². The first-order valence-electron chi connectivity index (χ1n) is 4.90. The van der Waals surface area contributed by atoms with Gasteiger partial charge in [-0.2, -0.15) is 0 Å². The van der Waals surface area contributed by atoms with Gasteiger partial charge in [-0.15, -0.1) is 0 Å². The number of halogens is 1. The normalized spacial score (nSPS) is 10.2. The monoisotopic (exact) mass is 276 g/mol. The molecule has 0 aromatic heterocycles. The van der Waals surface area contributed by atoms with Crippen LogP contribution in [-0.2, 0) is 0 Å². The predicted octanol–water partition coefficient (Wildman–Crippen LogP) is 1.80. The van der Waals surface area contributed by atoms with Gasteiger partial charge in [0.2, 0.25) is 0 Å². The van der Waals surface area contributed by atoms with Gasteiger partial charge in [0.15, 0.2) is 0 Å². The van der Waals surface area contributed by atoms with E-state index in [1.807, 2.05) is 42.5 Å². The van der Waals surface area contributed by atoms with Gasteiger partial charge < -0.3 is 10.0 Å². The average molecular weight is 277 g/mol. The molecule has 80 valence electrons. The zero-order valence-corrected chi connectivity index (χ0v) is 10.1. The fourth-order valence-electron chi connectivity index (χ4n) is 1.67. The molecule has 2 rings (SSSR count). The van der Waals surface area contributed by atoms with Crippen molar-refractivity contribution >= 4 is 28.5 Å². The van der Waals surface area contributed by atoms with Crippen molar-refractivity contribution in [2.45, 2.75) is 0 Å². The minimum Gasteiger partial charge on any atom is -0.423 e. The van der Waals surface area contributed by atoms with Crippen LogP contribution in [0.5, 0.6) is 0 Å². The van der Waals surface area contributed by atoms with Crippen LogP contribution >= 0.6 is 15.9 Å². The molecule has 0 bridgehead atoms. The van der Waals surface area contributed by atoms with Gasteiger partial charge in [-0.1, -0.05) is 58.4 Å². The molecule has 0 heterocycles. The Morgan fingerprint density at radius 1 is 0.875 bits per heavy atom. The fourth-order valence-corrected chi connectivity index (χ4v) is 2.24. The van der Waals surface area contributed by atoms with Crippen LogP contribution < -0.4 is 5.46 Å². The van der Waals surface area contributed by atoms with E-state index < -0.39 is 7.12 Å². The second-order valence-corrected chi connectivity index (χ2v) is 4.30. The van der Waals surface area contributed by atoms with Crippen LogP contribution in [0, 0.1) is 0 Å². The SMILES string of the molecule is OB(O)c1c(Br)cccc1-c1ccccc1. The lowest BCUT2D eigenvalue weighted by molar-refractivity contribution is 0.425. The lowest BCUT2D eigenvalue weighted by atomic mass is 9.75. The zero-order chi connectivity index (χ0) is 11.5. The van der Waals surface area contributed by atoms with E-state index in [0.29, 0.717) is 9.94 Å². The summed E-state index contributed by atoms with van der Waals surface area (Å²) in [4.78, 5) is 0. The Hall–Kier alpha value is -1.10. The Morgan fingerprint density at radius 2 is 1.56 bits per heavy atom. The minimum atomic E-state index is -1.48. The maximum absolute atomic E-state index is 9.37. The third-order valence-electron chi connectivity index (χ3n) is 2.40. The van der Waals surface area contributed by atoms with E-state index in [2.05, 4.69) is 15.9 Å². The van der Waals surface area contributed by atoms with Gasteiger partial charge in [0.05, 0.1) is 0 Å². The van der Waals surface area contributed by atoms with Gasteiger partial charge in [0.1, 0.15) is 0 Å². The molecule has 0 fully saturated rings. The number of hydrogen-bond acceptors (Lipinski definition) is 2. The van der Waals surface area contributed by atoms with Crippen molar-refractivity contribution in [1.82, 2.24) is 0 Å². The molecule has 0 atom stereocenters. The van der Waals surface area contributed by atoms with Crippen molar-refractivity contribution in [3.63, 3.8) is 0 Å². The van der Waals surface area contributed by atoms with Gasteiger partial charge in [0, 0.05) is 9.94 Å². The standard InChI is InChI=1S/C12H10BBrO2/c14-11-8-4-7-10(12(11)13(15)16)9-5-2-1-3-6-9/h1-8,15-16H. The van der Waals surface area contributed by atoms with Gasteiger partial charge in [-0.25, -0.2) is 0 Å². The van der Waals surface area contributed by atoms with Crippen molar-refractivity contribution < 1.29 is 10.0 Å². The van der Waals surface area contributed by atoms with Gasteiger partial charge in [-0.05, 0) is 17.2 Å². The summed E-state index contributed by atoms with van der Waals surface area (Å²) >= 11 is 3.32. The molecule has 2 nitrogen and oxygen atoms in total. The van der Waals surface area contributed by atoms with Gasteiger partial charge in [0.25, 0.3) is 0 Å². The fraction of sp³-hybridized carbons (Fsp3) is 0. The largest absolute Gasteiger partial charge is 0.490 e. The molecule has 2 aromatic rings. The average Bonchev–Trinajstić information content (AvgIpc) is 2.29. The van der Waals surface area contributed by atoms with Crippen LogP contribution in [0.2, 0.25) is 0 Å².